The smallest absolute Gasteiger partial charge is 0.236 e. The highest BCUT2D eigenvalue weighted by molar-refractivity contribution is 5.79. The number of rotatable bonds is 7. The van der Waals surface area contributed by atoms with Crippen LogP contribution in [-0.4, -0.2) is 36.0 Å². The van der Waals surface area contributed by atoms with Crippen LogP contribution in [0.15, 0.2) is 0 Å². The number of hydrogen-bond acceptors (Lipinski definition) is 2. The number of carbonyl (C=O) groups excluding carboxylic acids is 1. The Bertz CT molecular complexity index is 266. The van der Waals surface area contributed by atoms with Crippen LogP contribution in [0.1, 0.15) is 39.5 Å². The van der Waals surface area contributed by atoms with Crippen molar-refractivity contribution in [3.8, 4) is 12.3 Å². The SMILES string of the molecule is C#CC(CCC)NCC(=O)N(CC)C1CC1. The van der Waals surface area contributed by atoms with Crippen LogP contribution in [0.3, 0.4) is 0 Å². The summed E-state index contributed by atoms with van der Waals surface area (Å²) in [5.41, 5.74) is 0. The van der Waals surface area contributed by atoms with Crippen molar-refractivity contribution in [1.82, 2.24) is 10.2 Å². The van der Waals surface area contributed by atoms with Crippen LogP contribution in [0.2, 0.25) is 0 Å². The van der Waals surface area contributed by atoms with Crippen molar-refractivity contribution < 1.29 is 4.79 Å². The van der Waals surface area contributed by atoms with Crippen LogP contribution in [-0.2, 0) is 4.79 Å². The molecule has 1 amide bonds. The first-order valence-electron chi connectivity index (χ1n) is 6.21. The quantitative estimate of drug-likeness (QED) is 0.660. The van der Waals surface area contributed by atoms with Gasteiger partial charge in [0.1, 0.15) is 0 Å². The highest BCUT2D eigenvalue weighted by Gasteiger charge is 2.30. The van der Waals surface area contributed by atoms with Crippen molar-refractivity contribution in [2.75, 3.05) is 13.1 Å². The Labute approximate surface area is 98.6 Å². The second-order valence-electron chi connectivity index (χ2n) is 4.30. The highest BCUT2D eigenvalue weighted by Crippen LogP contribution is 2.26. The number of carbonyl (C=O) groups is 1. The molecule has 0 aliphatic heterocycles. The van der Waals surface area contributed by atoms with Gasteiger partial charge < -0.3 is 4.90 Å². The van der Waals surface area contributed by atoms with E-state index in [0.717, 1.165) is 32.2 Å². The van der Waals surface area contributed by atoms with Gasteiger partial charge in [-0.1, -0.05) is 19.3 Å². The van der Waals surface area contributed by atoms with Crippen molar-refractivity contribution >= 4 is 5.91 Å². The van der Waals surface area contributed by atoms with Gasteiger partial charge in [0.2, 0.25) is 5.91 Å². The van der Waals surface area contributed by atoms with Gasteiger partial charge in [0.15, 0.2) is 0 Å². The summed E-state index contributed by atoms with van der Waals surface area (Å²) in [6.07, 6.45) is 9.68. The summed E-state index contributed by atoms with van der Waals surface area (Å²) >= 11 is 0. The molecule has 0 saturated heterocycles. The number of hydrogen-bond donors (Lipinski definition) is 1. The van der Waals surface area contributed by atoms with Crippen LogP contribution in [0.4, 0.5) is 0 Å². The zero-order valence-electron chi connectivity index (χ0n) is 10.3. The molecule has 16 heavy (non-hydrogen) atoms. The van der Waals surface area contributed by atoms with Crippen LogP contribution in [0.5, 0.6) is 0 Å². The lowest BCUT2D eigenvalue weighted by atomic mass is 10.2. The summed E-state index contributed by atoms with van der Waals surface area (Å²) in [6.45, 7) is 5.30. The Hall–Kier alpha value is -1.01. The first-order valence-corrected chi connectivity index (χ1v) is 6.21. The van der Waals surface area contributed by atoms with E-state index in [1.54, 1.807) is 0 Å². The summed E-state index contributed by atoms with van der Waals surface area (Å²) in [5.74, 6) is 2.86. The van der Waals surface area contributed by atoms with Crippen LogP contribution in [0, 0.1) is 12.3 Å². The standard InChI is InChI=1S/C13H22N2O/c1-4-7-11(5-2)14-10-13(16)15(6-3)12-8-9-12/h2,11-12,14H,4,6-10H2,1,3H3. The Balaban J connectivity index is 2.30. The van der Waals surface area contributed by atoms with Crippen molar-refractivity contribution in [2.24, 2.45) is 0 Å². The molecule has 1 atom stereocenters. The molecule has 1 aliphatic carbocycles. The van der Waals surface area contributed by atoms with Gasteiger partial charge in [-0.15, -0.1) is 6.42 Å². The lowest BCUT2D eigenvalue weighted by Crippen LogP contribution is -2.42. The molecule has 0 heterocycles. The van der Waals surface area contributed by atoms with E-state index in [1.807, 2.05) is 11.8 Å². The molecule has 1 N–H and O–H groups in total. The van der Waals surface area contributed by atoms with Gasteiger partial charge in [-0.3, -0.25) is 10.1 Å². The molecule has 1 saturated carbocycles. The van der Waals surface area contributed by atoms with Crippen LogP contribution >= 0.6 is 0 Å². The zero-order chi connectivity index (χ0) is 12.0. The molecule has 0 bridgehead atoms. The number of nitrogens with one attached hydrogen (secondary N) is 1. The molecule has 1 rings (SSSR count). The summed E-state index contributed by atoms with van der Waals surface area (Å²) in [5, 5.41) is 3.14. The van der Waals surface area contributed by atoms with E-state index < -0.39 is 0 Å². The van der Waals surface area contributed by atoms with E-state index in [9.17, 15) is 4.79 Å². The first kappa shape index (κ1) is 13.1. The van der Waals surface area contributed by atoms with Crippen molar-refractivity contribution in [1.29, 1.82) is 0 Å². The van der Waals surface area contributed by atoms with Gasteiger partial charge in [-0.2, -0.15) is 0 Å². The third-order valence-electron chi connectivity index (χ3n) is 2.93. The molecule has 90 valence electrons. The Morgan fingerprint density at radius 3 is 2.69 bits per heavy atom. The predicted molar refractivity (Wildman–Crippen MR) is 65.9 cm³/mol. The van der Waals surface area contributed by atoms with Gasteiger partial charge >= 0.3 is 0 Å². The lowest BCUT2D eigenvalue weighted by molar-refractivity contribution is -0.130. The van der Waals surface area contributed by atoms with E-state index in [2.05, 4.69) is 18.2 Å². The zero-order valence-corrected chi connectivity index (χ0v) is 10.3. The maximum atomic E-state index is 11.9. The summed E-state index contributed by atoms with van der Waals surface area (Å²) in [4.78, 5) is 13.8. The fourth-order valence-electron chi connectivity index (χ4n) is 1.87. The van der Waals surface area contributed by atoms with Crippen LogP contribution in [0.25, 0.3) is 0 Å². The van der Waals surface area contributed by atoms with Crippen LogP contribution < -0.4 is 5.32 Å². The molecule has 0 radical (unpaired) electrons. The van der Waals surface area contributed by atoms with Gasteiger partial charge in [0.05, 0.1) is 12.6 Å². The molecule has 0 aromatic carbocycles. The van der Waals surface area contributed by atoms with Gasteiger partial charge in [-0.05, 0) is 26.2 Å². The molecule has 1 aliphatic rings. The van der Waals surface area contributed by atoms with Gasteiger partial charge in [0.25, 0.3) is 0 Å². The van der Waals surface area contributed by atoms with E-state index in [1.165, 1.54) is 0 Å². The lowest BCUT2D eigenvalue weighted by Gasteiger charge is -2.21. The van der Waals surface area contributed by atoms with Crippen molar-refractivity contribution in [3.63, 3.8) is 0 Å². The fraction of sp³-hybridized carbons (Fsp3) is 0.769. The maximum absolute atomic E-state index is 11.9. The average Bonchev–Trinajstić information content (AvgIpc) is 3.09. The topological polar surface area (TPSA) is 32.3 Å². The van der Waals surface area contributed by atoms with Crippen molar-refractivity contribution in [3.05, 3.63) is 0 Å². The largest absolute Gasteiger partial charge is 0.339 e. The minimum absolute atomic E-state index is 0.0341. The first-order chi connectivity index (χ1) is 7.72. The van der Waals surface area contributed by atoms with Gasteiger partial charge in [-0.25, -0.2) is 0 Å². The Morgan fingerprint density at radius 1 is 1.56 bits per heavy atom. The number of terminal acetylenes is 1. The highest BCUT2D eigenvalue weighted by atomic mass is 16.2. The predicted octanol–water partition coefficient (Wildman–Crippen LogP) is 1.39. The third kappa shape index (κ3) is 3.86. The number of nitrogens with zero attached hydrogens (tertiary/aromatic N) is 1. The summed E-state index contributed by atoms with van der Waals surface area (Å²) in [6, 6.07) is 0.529. The number of amides is 1. The molecule has 0 aromatic heterocycles. The van der Waals surface area contributed by atoms with E-state index in [-0.39, 0.29) is 11.9 Å². The fourth-order valence-corrected chi connectivity index (χ4v) is 1.87. The average molecular weight is 222 g/mol. The number of likely N-dealkylation sites (N-methyl/N-ethyl adjacent to an activating group) is 1. The molecule has 0 spiro atoms. The molecule has 3 nitrogen and oxygen atoms in total. The monoisotopic (exact) mass is 222 g/mol. The molecule has 1 unspecified atom stereocenters. The normalized spacial score (nSPS) is 16.6. The Morgan fingerprint density at radius 2 is 2.25 bits per heavy atom. The molecule has 1 fully saturated rings. The minimum Gasteiger partial charge on any atom is -0.339 e. The summed E-state index contributed by atoms with van der Waals surface area (Å²) < 4.78 is 0. The maximum Gasteiger partial charge on any atom is 0.236 e. The molecule has 3 heteroatoms. The van der Waals surface area contributed by atoms with Gasteiger partial charge in [0, 0.05) is 12.6 Å². The van der Waals surface area contributed by atoms with E-state index >= 15 is 0 Å². The molecular weight excluding hydrogens is 200 g/mol. The minimum atomic E-state index is 0.0341. The Kier molecular flexibility index (Phi) is 5.34. The second-order valence-corrected chi connectivity index (χ2v) is 4.30. The molecular formula is C13H22N2O. The summed E-state index contributed by atoms with van der Waals surface area (Å²) in [7, 11) is 0. The van der Waals surface area contributed by atoms with Crippen molar-refractivity contribution in [2.45, 2.75) is 51.6 Å². The second kappa shape index (κ2) is 6.55. The van der Waals surface area contributed by atoms with E-state index in [0.29, 0.717) is 12.6 Å². The third-order valence-corrected chi connectivity index (χ3v) is 2.93. The molecule has 0 aromatic rings. The van der Waals surface area contributed by atoms with E-state index in [4.69, 9.17) is 6.42 Å².